The van der Waals surface area contributed by atoms with Crippen molar-refractivity contribution in [3.63, 3.8) is 0 Å². The lowest BCUT2D eigenvalue weighted by Crippen LogP contribution is -2.68. The summed E-state index contributed by atoms with van der Waals surface area (Å²) in [5, 5.41) is 13.1. The molecule has 1 unspecified atom stereocenters. The predicted molar refractivity (Wildman–Crippen MR) is 115 cm³/mol. The van der Waals surface area contributed by atoms with Crippen LogP contribution in [0.25, 0.3) is 0 Å². The number of rotatable bonds is 7. The molecule has 2 rings (SSSR count). The van der Waals surface area contributed by atoms with E-state index in [0.29, 0.717) is 11.3 Å². The smallest absolute Gasteiger partial charge is 0.268 e. The van der Waals surface area contributed by atoms with E-state index in [4.69, 9.17) is 9.94 Å². The van der Waals surface area contributed by atoms with E-state index < -0.39 is 35.7 Å². The van der Waals surface area contributed by atoms with Gasteiger partial charge in [-0.05, 0) is 55.5 Å². The molecule has 8 nitrogen and oxygen atoms in total. The van der Waals surface area contributed by atoms with Crippen LogP contribution >= 0.6 is 0 Å². The third kappa shape index (κ3) is 6.51. The second-order valence-electron chi connectivity index (χ2n) is 7.20. The number of benzene rings is 2. The Morgan fingerprint density at radius 3 is 1.94 bits per heavy atom. The van der Waals surface area contributed by atoms with E-state index in [0.717, 1.165) is 19.4 Å². The second-order valence-corrected chi connectivity index (χ2v) is 7.20. The number of alkyl halides is 2. The summed E-state index contributed by atoms with van der Waals surface area (Å²) in [4.78, 5) is 36.0. The molecule has 174 valence electrons. The van der Waals surface area contributed by atoms with Gasteiger partial charge in [-0.25, -0.2) is 14.3 Å². The zero-order valence-corrected chi connectivity index (χ0v) is 18.1. The highest BCUT2D eigenvalue weighted by molar-refractivity contribution is 5.98. The average Bonchev–Trinajstić information content (AvgIpc) is 2.80. The molecule has 0 radical (unpaired) electrons. The summed E-state index contributed by atoms with van der Waals surface area (Å²) in [7, 11) is 1.56. The molecule has 0 aliphatic carbocycles. The fourth-order valence-electron chi connectivity index (χ4n) is 2.92. The first-order chi connectivity index (χ1) is 15.6. The minimum Gasteiger partial charge on any atom is -0.497 e. The fourth-order valence-corrected chi connectivity index (χ4v) is 2.92. The number of amides is 3. The number of hydroxylamine groups is 1. The normalized spacial score (nSPS) is 13.1. The first kappa shape index (κ1) is 25.3. The summed E-state index contributed by atoms with van der Waals surface area (Å²) >= 11 is 0. The lowest BCUT2D eigenvalue weighted by molar-refractivity contribution is -0.137. The number of nitrogens with one attached hydrogen (secondary N) is 3. The van der Waals surface area contributed by atoms with Gasteiger partial charge >= 0.3 is 0 Å². The zero-order chi connectivity index (χ0) is 24.6. The molecule has 10 heteroatoms. The van der Waals surface area contributed by atoms with E-state index in [1.807, 2.05) is 5.32 Å². The largest absolute Gasteiger partial charge is 0.497 e. The van der Waals surface area contributed by atoms with Crippen LogP contribution in [0, 0.1) is 11.8 Å². The second kappa shape index (κ2) is 11.1. The van der Waals surface area contributed by atoms with Crippen LogP contribution in [-0.4, -0.2) is 48.0 Å². The van der Waals surface area contributed by atoms with Gasteiger partial charge < -0.3 is 15.4 Å². The highest BCUT2D eigenvalue weighted by Gasteiger charge is 2.48. The van der Waals surface area contributed by atoms with Gasteiger partial charge in [-0.1, -0.05) is 11.8 Å². The summed E-state index contributed by atoms with van der Waals surface area (Å²) < 4.78 is 32.5. The summed E-state index contributed by atoms with van der Waals surface area (Å²) in [6, 6.07) is 11.0. The van der Waals surface area contributed by atoms with E-state index in [2.05, 4.69) is 17.2 Å². The number of carbonyl (C=O) groups excluding carboxylic acids is 3. The van der Waals surface area contributed by atoms with Crippen LogP contribution in [0.4, 0.5) is 8.78 Å². The molecule has 0 saturated heterocycles. The van der Waals surface area contributed by atoms with Crippen LogP contribution in [0.2, 0.25) is 0 Å². The molecule has 0 spiro atoms. The average molecular weight is 459 g/mol. The van der Waals surface area contributed by atoms with Crippen LogP contribution in [0.1, 0.15) is 35.3 Å². The maximum atomic E-state index is 13.7. The molecule has 0 fully saturated rings. The molecule has 0 bridgehead atoms. The van der Waals surface area contributed by atoms with E-state index in [-0.39, 0.29) is 5.56 Å². The Morgan fingerprint density at radius 1 is 1.00 bits per heavy atom. The van der Waals surface area contributed by atoms with Gasteiger partial charge in [-0.15, -0.1) is 0 Å². The Morgan fingerprint density at radius 2 is 1.52 bits per heavy atom. The first-order valence-corrected chi connectivity index (χ1v) is 9.68. The van der Waals surface area contributed by atoms with Crippen molar-refractivity contribution in [2.45, 2.75) is 31.9 Å². The van der Waals surface area contributed by atoms with Crippen LogP contribution < -0.4 is 20.9 Å². The van der Waals surface area contributed by atoms with E-state index >= 15 is 0 Å². The molecule has 2 atom stereocenters. The minimum absolute atomic E-state index is 0.0557. The molecular formula is C23H23F2N3O5. The predicted octanol–water partition coefficient (Wildman–Crippen LogP) is 1.86. The van der Waals surface area contributed by atoms with Gasteiger partial charge in [0.2, 0.25) is 5.91 Å². The summed E-state index contributed by atoms with van der Waals surface area (Å²) in [6.45, 7) is 1.87. The van der Waals surface area contributed by atoms with Crippen molar-refractivity contribution < 1.29 is 33.1 Å². The molecule has 3 amide bonds. The van der Waals surface area contributed by atoms with Crippen LogP contribution in [0.5, 0.6) is 5.75 Å². The van der Waals surface area contributed by atoms with Crippen molar-refractivity contribution in [2.75, 3.05) is 7.11 Å². The van der Waals surface area contributed by atoms with E-state index in [9.17, 15) is 23.2 Å². The van der Waals surface area contributed by atoms with E-state index in [1.54, 1.807) is 43.5 Å². The number of hydrogen-bond donors (Lipinski definition) is 4. The third-order valence-corrected chi connectivity index (χ3v) is 4.73. The van der Waals surface area contributed by atoms with Gasteiger partial charge in [0, 0.05) is 23.6 Å². The molecule has 33 heavy (non-hydrogen) atoms. The van der Waals surface area contributed by atoms with Crippen molar-refractivity contribution in [3.05, 3.63) is 65.2 Å². The lowest BCUT2D eigenvalue weighted by Gasteiger charge is -2.36. The van der Waals surface area contributed by atoms with Gasteiger partial charge in [0.25, 0.3) is 18.2 Å². The molecule has 0 aliphatic heterocycles. The molecular weight excluding hydrogens is 436 g/mol. The maximum absolute atomic E-state index is 13.7. The van der Waals surface area contributed by atoms with Crippen molar-refractivity contribution in [1.82, 2.24) is 16.1 Å². The van der Waals surface area contributed by atoms with Gasteiger partial charge in [0.15, 0.2) is 0 Å². The monoisotopic (exact) mass is 459 g/mol. The number of carbonyl (C=O) groups is 3. The van der Waals surface area contributed by atoms with E-state index in [1.165, 1.54) is 17.6 Å². The van der Waals surface area contributed by atoms with Crippen LogP contribution in [0.3, 0.4) is 0 Å². The fraction of sp³-hybridized carbons (Fsp3) is 0.261. The molecule has 4 N–H and O–H groups in total. The van der Waals surface area contributed by atoms with Crippen molar-refractivity contribution in [2.24, 2.45) is 0 Å². The molecule has 0 aliphatic rings. The van der Waals surface area contributed by atoms with Crippen molar-refractivity contribution >= 4 is 17.7 Å². The molecule has 0 aromatic heterocycles. The van der Waals surface area contributed by atoms with Gasteiger partial charge in [-0.3, -0.25) is 19.6 Å². The summed E-state index contributed by atoms with van der Waals surface area (Å²) in [5.74, 6) is 3.55. The maximum Gasteiger partial charge on any atom is 0.268 e. The SMILES string of the molecule is COc1ccc(C#Cc2ccc(C(=O)N[C@H](C(=O)NO)C(C)(NC(C)=O)C(F)F)cc2)cc1. The van der Waals surface area contributed by atoms with Gasteiger partial charge in [-0.2, -0.15) is 0 Å². The minimum atomic E-state index is -3.24. The van der Waals surface area contributed by atoms with Crippen molar-refractivity contribution in [1.29, 1.82) is 0 Å². The van der Waals surface area contributed by atoms with Gasteiger partial charge in [0.05, 0.1) is 7.11 Å². The van der Waals surface area contributed by atoms with Gasteiger partial charge in [0.1, 0.15) is 17.3 Å². The highest BCUT2D eigenvalue weighted by Crippen LogP contribution is 2.21. The number of hydrogen-bond acceptors (Lipinski definition) is 5. The van der Waals surface area contributed by atoms with Crippen molar-refractivity contribution in [3.8, 4) is 17.6 Å². The number of ether oxygens (including phenoxy) is 1. The lowest BCUT2D eigenvalue weighted by atomic mass is 9.91. The zero-order valence-electron chi connectivity index (χ0n) is 18.1. The quantitative estimate of drug-likeness (QED) is 0.287. The molecule has 2 aromatic rings. The Kier molecular flexibility index (Phi) is 8.48. The first-order valence-electron chi connectivity index (χ1n) is 9.68. The Balaban J connectivity index is 2.21. The molecule has 0 heterocycles. The number of halogens is 2. The van der Waals surface area contributed by atoms with Crippen LogP contribution in [0.15, 0.2) is 48.5 Å². The standard InChI is InChI=1S/C23H23F2N3O5/c1-14(29)27-23(2,22(24)25)19(21(31)28-32)26-20(30)17-10-6-15(7-11-17)4-5-16-8-12-18(33-3)13-9-16/h6-13,19,22,32H,1-3H3,(H,26,30)(H,27,29)(H,28,31)/t19-,23?/m1/s1. The highest BCUT2D eigenvalue weighted by atomic mass is 19.3. The topological polar surface area (TPSA) is 117 Å². The molecule has 0 saturated carbocycles. The Hall–Kier alpha value is -3.97. The summed E-state index contributed by atoms with van der Waals surface area (Å²) in [6.07, 6.45) is -3.24. The summed E-state index contributed by atoms with van der Waals surface area (Å²) in [5.41, 5.74) is 0.157. The Bertz CT molecular complexity index is 1060. The third-order valence-electron chi connectivity index (χ3n) is 4.73. The number of methoxy groups -OCH3 is 1. The Labute approximate surface area is 189 Å². The molecule has 2 aromatic carbocycles. The van der Waals surface area contributed by atoms with Crippen LogP contribution in [-0.2, 0) is 9.59 Å².